The second-order valence-electron chi connectivity index (χ2n) is 12.2. The fourth-order valence-electron chi connectivity index (χ4n) is 5.63. The number of ether oxygens (including phenoxy) is 2. The van der Waals surface area contributed by atoms with Gasteiger partial charge in [0.2, 0.25) is 0 Å². The first-order valence-corrected chi connectivity index (χ1v) is 18.2. The van der Waals surface area contributed by atoms with E-state index in [1.54, 1.807) is 12.1 Å². The minimum atomic E-state index is -0.375. The van der Waals surface area contributed by atoms with Gasteiger partial charge in [0.05, 0.1) is 13.2 Å². The van der Waals surface area contributed by atoms with Crippen molar-refractivity contribution < 1.29 is 13.9 Å². The van der Waals surface area contributed by atoms with Crippen LogP contribution in [0.5, 0.6) is 11.5 Å². The highest BCUT2D eigenvalue weighted by atomic mass is 127. The van der Waals surface area contributed by atoms with Crippen LogP contribution in [0.25, 0.3) is 22.2 Å². The third-order valence-corrected chi connectivity index (χ3v) is 9.49. The van der Waals surface area contributed by atoms with Crippen molar-refractivity contribution in [3.8, 4) is 22.8 Å². The van der Waals surface area contributed by atoms with Crippen molar-refractivity contribution in [1.29, 1.82) is 0 Å². The summed E-state index contributed by atoms with van der Waals surface area (Å²) in [4.78, 5) is 11.5. The van der Waals surface area contributed by atoms with Gasteiger partial charge in [-0.1, -0.05) is 119 Å². The molecule has 0 fully saturated rings. The third kappa shape index (κ3) is 10.9. The van der Waals surface area contributed by atoms with Crippen molar-refractivity contribution in [3.05, 3.63) is 104 Å². The summed E-state index contributed by atoms with van der Waals surface area (Å²) in [5, 5.41) is 9.76. The number of benzene rings is 3. The molecule has 248 valence electrons. The Morgan fingerprint density at radius 2 is 1.32 bits per heavy atom. The van der Waals surface area contributed by atoms with Crippen molar-refractivity contribution >= 4 is 33.6 Å². The van der Waals surface area contributed by atoms with Gasteiger partial charge in [-0.15, -0.1) is 5.10 Å². The molecule has 7 nitrogen and oxygen atoms in total. The van der Waals surface area contributed by atoms with Crippen molar-refractivity contribution in [3.63, 3.8) is 0 Å². The lowest BCUT2D eigenvalue weighted by atomic mass is 10.1. The second kappa shape index (κ2) is 18.6. The molecule has 0 saturated heterocycles. The van der Waals surface area contributed by atoms with E-state index in [4.69, 9.17) is 13.9 Å². The van der Waals surface area contributed by atoms with Crippen LogP contribution in [0, 0.1) is 3.70 Å². The number of halogens is 1. The van der Waals surface area contributed by atoms with Crippen LogP contribution < -0.4 is 15.1 Å². The molecule has 5 aromatic rings. The highest BCUT2D eigenvalue weighted by molar-refractivity contribution is 14.1. The molecule has 0 aliphatic rings. The maximum absolute atomic E-state index is 11.5. The predicted molar refractivity (Wildman–Crippen MR) is 197 cm³/mol. The lowest BCUT2D eigenvalue weighted by Crippen LogP contribution is -2.04. The van der Waals surface area contributed by atoms with Crippen LogP contribution in [-0.4, -0.2) is 21.6 Å². The number of fused-ring (bicyclic) bond motifs is 1. The predicted octanol–water partition coefficient (Wildman–Crippen LogP) is 10.4. The standard InChI is InChI=1S/C39H46IN3O4/c1-2-3-4-5-6-7-8-9-10-11-12-13-26-45-34-22-16-30(17-23-34)28-43-39(40)38(41-42-43)33-18-14-31(15-19-33)29-46-35-24-20-32-21-25-37(44)47-36(32)27-35/h14-25,27H,2-13,26,28-29H2,1H3. The van der Waals surface area contributed by atoms with Crippen LogP contribution in [0.3, 0.4) is 0 Å². The molecule has 0 bridgehead atoms. The fraction of sp³-hybridized carbons (Fsp3) is 0.410. The number of unbranched alkanes of at least 4 members (excludes halogenated alkanes) is 11. The van der Waals surface area contributed by atoms with Gasteiger partial charge in [0.15, 0.2) is 0 Å². The molecule has 0 unspecified atom stereocenters. The van der Waals surface area contributed by atoms with Crippen LogP contribution in [0.1, 0.15) is 95.1 Å². The first kappa shape index (κ1) is 34.7. The highest BCUT2D eigenvalue weighted by Gasteiger charge is 2.13. The zero-order chi connectivity index (χ0) is 32.7. The van der Waals surface area contributed by atoms with Crippen molar-refractivity contribution in [2.75, 3.05) is 6.61 Å². The molecule has 2 heterocycles. The molecular weight excluding hydrogens is 701 g/mol. The summed E-state index contributed by atoms with van der Waals surface area (Å²) in [6.07, 6.45) is 16.2. The van der Waals surface area contributed by atoms with E-state index in [0.717, 1.165) is 50.2 Å². The summed E-state index contributed by atoms with van der Waals surface area (Å²) in [7, 11) is 0. The van der Waals surface area contributed by atoms with Gasteiger partial charge in [0.25, 0.3) is 0 Å². The Kier molecular flexibility index (Phi) is 13.7. The van der Waals surface area contributed by atoms with E-state index >= 15 is 0 Å². The van der Waals surface area contributed by atoms with Crippen molar-refractivity contribution in [2.24, 2.45) is 0 Å². The largest absolute Gasteiger partial charge is 0.494 e. The van der Waals surface area contributed by atoms with Crippen LogP contribution in [0.2, 0.25) is 0 Å². The van der Waals surface area contributed by atoms with Gasteiger partial charge in [-0.25, -0.2) is 9.48 Å². The SMILES string of the molecule is CCCCCCCCCCCCCCOc1ccc(Cn2nnc(-c3ccc(COc4ccc5ccc(=O)oc5c4)cc3)c2I)cc1. The molecule has 0 saturated carbocycles. The molecule has 2 aromatic heterocycles. The first-order chi connectivity index (χ1) is 23.1. The maximum atomic E-state index is 11.5. The molecule has 0 radical (unpaired) electrons. The molecule has 8 heteroatoms. The van der Waals surface area contributed by atoms with Gasteiger partial charge in [0.1, 0.15) is 33.1 Å². The summed E-state index contributed by atoms with van der Waals surface area (Å²) in [5.74, 6) is 1.56. The summed E-state index contributed by atoms with van der Waals surface area (Å²) in [5.41, 5.74) is 4.16. The molecule has 0 spiro atoms. The Morgan fingerprint density at radius 1 is 0.702 bits per heavy atom. The molecule has 0 aliphatic heterocycles. The monoisotopic (exact) mass is 747 g/mol. The molecule has 0 atom stereocenters. The van der Waals surface area contributed by atoms with E-state index in [1.807, 2.05) is 41.1 Å². The zero-order valence-corrected chi connectivity index (χ0v) is 29.6. The van der Waals surface area contributed by atoms with Crippen LogP contribution in [0.4, 0.5) is 0 Å². The first-order valence-electron chi connectivity index (χ1n) is 17.2. The number of hydrogen-bond acceptors (Lipinski definition) is 6. The minimum absolute atomic E-state index is 0.375. The summed E-state index contributed by atoms with van der Waals surface area (Å²) in [6.45, 7) is 4.09. The topological polar surface area (TPSA) is 79.4 Å². The molecule has 5 rings (SSSR count). The Labute approximate surface area is 291 Å². The van der Waals surface area contributed by atoms with Gasteiger partial charge in [-0.3, -0.25) is 0 Å². The van der Waals surface area contributed by atoms with Crippen molar-refractivity contribution in [2.45, 2.75) is 97.1 Å². The molecule has 0 amide bonds. The Morgan fingerprint density at radius 3 is 2.02 bits per heavy atom. The summed E-state index contributed by atoms with van der Waals surface area (Å²) >= 11 is 2.32. The smallest absolute Gasteiger partial charge is 0.336 e. The molecular formula is C39H46IN3O4. The quantitative estimate of drug-likeness (QED) is 0.0448. The normalized spacial score (nSPS) is 11.3. The molecule has 0 N–H and O–H groups in total. The van der Waals surface area contributed by atoms with E-state index < -0.39 is 0 Å². The number of aromatic nitrogens is 3. The van der Waals surface area contributed by atoms with Gasteiger partial charge < -0.3 is 13.9 Å². The number of rotatable bonds is 20. The van der Waals surface area contributed by atoms with E-state index in [9.17, 15) is 4.79 Å². The van der Waals surface area contributed by atoms with Gasteiger partial charge in [-0.2, -0.15) is 0 Å². The van der Waals surface area contributed by atoms with Crippen LogP contribution in [-0.2, 0) is 13.2 Å². The average molecular weight is 748 g/mol. The Hall–Kier alpha value is -3.66. The summed E-state index contributed by atoms with van der Waals surface area (Å²) in [6, 6.07) is 25.1. The highest BCUT2D eigenvalue weighted by Crippen LogP contribution is 2.25. The van der Waals surface area contributed by atoms with E-state index in [1.165, 1.54) is 76.7 Å². The minimum Gasteiger partial charge on any atom is -0.494 e. The lowest BCUT2D eigenvalue weighted by Gasteiger charge is -2.08. The fourth-order valence-corrected chi connectivity index (χ4v) is 6.32. The van der Waals surface area contributed by atoms with E-state index in [0.29, 0.717) is 24.5 Å². The van der Waals surface area contributed by atoms with Gasteiger partial charge >= 0.3 is 5.63 Å². The Balaban J connectivity index is 1.01. The maximum Gasteiger partial charge on any atom is 0.336 e. The van der Waals surface area contributed by atoms with E-state index in [-0.39, 0.29) is 5.63 Å². The number of hydrogen-bond donors (Lipinski definition) is 0. The van der Waals surface area contributed by atoms with Crippen LogP contribution in [0.15, 0.2) is 88.1 Å². The molecule has 47 heavy (non-hydrogen) atoms. The van der Waals surface area contributed by atoms with Crippen molar-refractivity contribution in [1.82, 2.24) is 15.0 Å². The third-order valence-electron chi connectivity index (χ3n) is 8.42. The Bertz CT molecular complexity index is 1710. The van der Waals surface area contributed by atoms with Crippen LogP contribution >= 0.6 is 22.6 Å². The summed E-state index contributed by atoms with van der Waals surface area (Å²) < 4.78 is 20.1. The van der Waals surface area contributed by atoms with Gasteiger partial charge in [0, 0.05) is 23.1 Å². The zero-order valence-electron chi connectivity index (χ0n) is 27.5. The second-order valence-corrected chi connectivity index (χ2v) is 13.2. The number of nitrogens with zero attached hydrogens (tertiary/aromatic N) is 3. The lowest BCUT2D eigenvalue weighted by molar-refractivity contribution is 0.304. The molecule has 3 aromatic carbocycles. The van der Waals surface area contributed by atoms with E-state index in [2.05, 4.69) is 64.1 Å². The molecule has 0 aliphatic carbocycles. The average Bonchev–Trinajstić information content (AvgIpc) is 3.45. The van der Waals surface area contributed by atoms with Gasteiger partial charge in [-0.05, 0) is 70.5 Å².